The molecule has 0 bridgehead atoms. The first-order valence-corrected chi connectivity index (χ1v) is 10.1. The molecule has 6 nitrogen and oxygen atoms in total. The highest BCUT2D eigenvalue weighted by Crippen LogP contribution is 2.22. The van der Waals surface area contributed by atoms with Crippen LogP contribution < -0.4 is 10.5 Å². The van der Waals surface area contributed by atoms with E-state index in [0.29, 0.717) is 25.3 Å². The number of esters is 1. The Morgan fingerprint density at radius 3 is 2.63 bits per heavy atom. The molecule has 0 saturated carbocycles. The highest BCUT2D eigenvalue weighted by Gasteiger charge is 2.17. The molecule has 3 aromatic rings. The molecular formula is C24H28N2O4. The third-order valence-corrected chi connectivity index (χ3v) is 4.53. The lowest BCUT2D eigenvalue weighted by molar-refractivity contribution is -0.148. The third kappa shape index (κ3) is 5.94. The Labute approximate surface area is 177 Å². The van der Waals surface area contributed by atoms with Crippen molar-refractivity contribution in [3.05, 3.63) is 71.6 Å². The van der Waals surface area contributed by atoms with E-state index in [1.54, 1.807) is 13.8 Å². The lowest BCUT2D eigenvalue weighted by atomic mass is 10.1. The molecule has 1 unspecified atom stereocenters. The van der Waals surface area contributed by atoms with E-state index in [1.807, 2.05) is 61.5 Å². The Hall–Kier alpha value is -3.12. The van der Waals surface area contributed by atoms with Crippen molar-refractivity contribution >= 4 is 5.97 Å². The first-order chi connectivity index (χ1) is 14.4. The SMILES string of the molecule is Cc1oc(-c2ccccc2)nc1CCOc1cccc(CC(N)C(=O)OC(C)C)c1. The lowest BCUT2D eigenvalue weighted by Crippen LogP contribution is -2.35. The summed E-state index contributed by atoms with van der Waals surface area (Å²) >= 11 is 0. The first-order valence-electron chi connectivity index (χ1n) is 10.1. The second-order valence-corrected chi connectivity index (χ2v) is 7.43. The van der Waals surface area contributed by atoms with Gasteiger partial charge in [-0.3, -0.25) is 4.79 Å². The maximum absolute atomic E-state index is 11.9. The maximum Gasteiger partial charge on any atom is 0.323 e. The van der Waals surface area contributed by atoms with Crippen LogP contribution in [0.2, 0.25) is 0 Å². The van der Waals surface area contributed by atoms with Gasteiger partial charge in [0, 0.05) is 12.0 Å². The molecule has 0 spiro atoms. The van der Waals surface area contributed by atoms with Crippen LogP contribution in [0.15, 0.2) is 59.0 Å². The van der Waals surface area contributed by atoms with Crippen molar-refractivity contribution in [2.24, 2.45) is 5.73 Å². The van der Waals surface area contributed by atoms with Gasteiger partial charge < -0.3 is 19.6 Å². The van der Waals surface area contributed by atoms with Crippen LogP contribution in [-0.4, -0.2) is 29.7 Å². The molecule has 0 aliphatic carbocycles. The summed E-state index contributed by atoms with van der Waals surface area (Å²) in [6, 6.07) is 16.7. The molecule has 0 fully saturated rings. The number of oxazole rings is 1. The zero-order chi connectivity index (χ0) is 21.5. The standard InChI is InChI=1S/C24H28N2O4/c1-16(2)29-24(27)21(25)15-18-8-7-11-20(14-18)28-13-12-22-17(3)30-23(26-22)19-9-5-4-6-10-19/h4-11,14,16,21H,12-13,15,25H2,1-3H3. The molecule has 2 N–H and O–H groups in total. The van der Waals surface area contributed by atoms with Crippen LogP contribution in [-0.2, 0) is 22.4 Å². The van der Waals surface area contributed by atoms with E-state index in [9.17, 15) is 4.79 Å². The average Bonchev–Trinajstić information content (AvgIpc) is 3.09. The van der Waals surface area contributed by atoms with Crippen LogP contribution in [0.3, 0.4) is 0 Å². The van der Waals surface area contributed by atoms with E-state index in [2.05, 4.69) is 4.98 Å². The van der Waals surface area contributed by atoms with Gasteiger partial charge in [0.2, 0.25) is 5.89 Å². The van der Waals surface area contributed by atoms with Crippen LogP contribution in [0.25, 0.3) is 11.5 Å². The summed E-state index contributed by atoms with van der Waals surface area (Å²) in [5, 5.41) is 0. The largest absolute Gasteiger partial charge is 0.493 e. The Bertz CT molecular complexity index is 966. The van der Waals surface area contributed by atoms with Crippen molar-refractivity contribution in [2.45, 2.75) is 45.8 Å². The van der Waals surface area contributed by atoms with Gasteiger partial charge in [0.05, 0.1) is 18.4 Å². The monoisotopic (exact) mass is 408 g/mol. The molecule has 0 aliphatic heterocycles. The molecule has 1 heterocycles. The van der Waals surface area contributed by atoms with Crippen LogP contribution in [0.1, 0.15) is 30.9 Å². The Morgan fingerprint density at radius 1 is 1.13 bits per heavy atom. The first kappa shape index (κ1) is 21.6. The zero-order valence-corrected chi connectivity index (χ0v) is 17.6. The fourth-order valence-electron chi connectivity index (χ4n) is 3.05. The minimum atomic E-state index is -0.697. The summed E-state index contributed by atoms with van der Waals surface area (Å²) in [5.74, 6) is 1.74. The van der Waals surface area contributed by atoms with Crippen molar-refractivity contribution in [3.63, 3.8) is 0 Å². The Morgan fingerprint density at radius 2 is 1.90 bits per heavy atom. The number of benzene rings is 2. The fraction of sp³-hybridized carbons (Fsp3) is 0.333. The zero-order valence-electron chi connectivity index (χ0n) is 17.6. The number of ether oxygens (including phenoxy) is 2. The third-order valence-electron chi connectivity index (χ3n) is 4.53. The fourth-order valence-corrected chi connectivity index (χ4v) is 3.05. The van der Waals surface area contributed by atoms with Crippen molar-refractivity contribution in [1.29, 1.82) is 0 Å². The number of rotatable bonds is 9. The quantitative estimate of drug-likeness (QED) is 0.537. The van der Waals surface area contributed by atoms with Gasteiger partial charge in [-0.1, -0.05) is 30.3 Å². The molecule has 30 heavy (non-hydrogen) atoms. The summed E-state index contributed by atoms with van der Waals surface area (Å²) in [4.78, 5) is 16.5. The predicted octanol–water partition coefficient (Wildman–Crippen LogP) is 4.09. The number of carbonyl (C=O) groups is 1. The van der Waals surface area contributed by atoms with Gasteiger partial charge in [-0.05, 0) is 57.0 Å². The van der Waals surface area contributed by atoms with Gasteiger partial charge >= 0.3 is 5.97 Å². The average molecular weight is 408 g/mol. The molecule has 158 valence electrons. The number of aromatic nitrogens is 1. The molecule has 1 atom stereocenters. The smallest absolute Gasteiger partial charge is 0.323 e. The summed E-state index contributed by atoms with van der Waals surface area (Å²) in [5.41, 5.74) is 8.71. The van der Waals surface area contributed by atoms with Gasteiger partial charge in [0.25, 0.3) is 0 Å². The minimum Gasteiger partial charge on any atom is -0.493 e. The van der Waals surface area contributed by atoms with E-state index >= 15 is 0 Å². The summed E-state index contributed by atoms with van der Waals surface area (Å²) in [6.07, 6.45) is 0.846. The normalized spacial score (nSPS) is 12.0. The highest BCUT2D eigenvalue weighted by atomic mass is 16.5. The number of hydrogen-bond acceptors (Lipinski definition) is 6. The summed E-state index contributed by atoms with van der Waals surface area (Å²) in [6.45, 7) is 5.98. The second-order valence-electron chi connectivity index (χ2n) is 7.43. The van der Waals surface area contributed by atoms with E-state index < -0.39 is 12.0 Å². The number of carbonyl (C=O) groups excluding carboxylic acids is 1. The van der Waals surface area contributed by atoms with Gasteiger partial charge in [0.15, 0.2) is 0 Å². The molecule has 0 saturated heterocycles. The van der Waals surface area contributed by atoms with Crippen molar-refractivity contribution in [2.75, 3.05) is 6.61 Å². The Balaban J connectivity index is 1.55. The summed E-state index contributed by atoms with van der Waals surface area (Å²) in [7, 11) is 0. The van der Waals surface area contributed by atoms with Gasteiger partial charge in [-0.2, -0.15) is 0 Å². The second kappa shape index (κ2) is 10.1. The Kier molecular flexibility index (Phi) is 7.25. The lowest BCUT2D eigenvalue weighted by Gasteiger charge is -2.14. The number of nitrogens with two attached hydrogens (primary N) is 1. The van der Waals surface area contributed by atoms with Crippen LogP contribution in [0.4, 0.5) is 0 Å². The number of aryl methyl sites for hydroxylation is 1. The van der Waals surface area contributed by atoms with Gasteiger partial charge in [-0.15, -0.1) is 0 Å². The van der Waals surface area contributed by atoms with Gasteiger partial charge in [0.1, 0.15) is 17.6 Å². The number of nitrogens with zero attached hydrogens (tertiary/aromatic N) is 1. The van der Waals surface area contributed by atoms with Gasteiger partial charge in [-0.25, -0.2) is 4.98 Å². The molecule has 1 aromatic heterocycles. The van der Waals surface area contributed by atoms with E-state index in [0.717, 1.165) is 28.3 Å². The predicted molar refractivity (Wildman–Crippen MR) is 115 cm³/mol. The molecule has 0 aliphatic rings. The number of hydrogen-bond donors (Lipinski definition) is 1. The maximum atomic E-state index is 11.9. The topological polar surface area (TPSA) is 87.6 Å². The van der Waals surface area contributed by atoms with Crippen LogP contribution >= 0.6 is 0 Å². The van der Waals surface area contributed by atoms with Crippen LogP contribution in [0.5, 0.6) is 5.75 Å². The van der Waals surface area contributed by atoms with Crippen LogP contribution in [0, 0.1) is 6.92 Å². The highest BCUT2D eigenvalue weighted by molar-refractivity contribution is 5.76. The van der Waals surface area contributed by atoms with Crippen molar-refractivity contribution in [1.82, 2.24) is 4.98 Å². The van der Waals surface area contributed by atoms with Crippen molar-refractivity contribution < 1.29 is 18.7 Å². The molecule has 0 amide bonds. The minimum absolute atomic E-state index is 0.180. The summed E-state index contributed by atoms with van der Waals surface area (Å²) < 4.78 is 16.8. The van der Waals surface area contributed by atoms with E-state index in [-0.39, 0.29) is 6.10 Å². The molecule has 6 heteroatoms. The molecule has 0 radical (unpaired) electrons. The molecule has 3 rings (SSSR count). The molecule has 2 aromatic carbocycles. The van der Waals surface area contributed by atoms with E-state index in [4.69, 9.17) is 19.6 Å². The van der Waals surface area contributed by atoms with E-state index in [1.165, 1.54) is 0 Å². The van der Waals surface area contributed by atoms with Crippen molar-refractivity contribution in [3.8, 4) is 17.2 Å². The molecular weight excluding hydrogens is 380 g/mol.